The van der Waals surface area contributed by atoms with Crippen LogP contribution >= 0.6 is 11.3 Å². The Labute approximate surface area is 90.0 Å². The van der Waals surface area contributed by atoms with E-state index in [1.807, 2.05) is 0 Å². The molecule has 0 amide bonds. The minimum absolute atomic E-state index is 0.499. The van der Waals surface area contributed by atoms with E-state index in [4.69, 9.17) is 0 Å². The van der Waals surface area contributed by atoms with Gasteiger partial charge in [0.05, 0.1) is 5.69 Å². The summed E-state index contributed by atoms with van der Waals surface area (Å²) < 4.78 is 0. The van der Waals surface area contributed by atoms with E-state index in [1.165, 1.54) is 4.88 Å². The molecule has 80 valence electrons. The van der Waals surface area contributed by atoms with Crippen molar-refractivity contribution in [3.05, 3.63) is 15.6 Å². The predicted octanol–water partition coefficient (Wildman–Crippen LogP) is 3.06. The van der Waals surface area contributed by atoms with Crippen molar-refractivity contribution in [1.82, 2.24) is 4.98 Å². The quantitative estimate of drug-likeness (QED) is 0.837. The zero-order valence-electron chi connectivity index (χ0n) is 9.59. The molecule has 0 aliphatic carbocycles. The Bertz CT molecular complexity index is 310. The molecular formula is C11H19NOS. The van der Waals surface area contributed by atoms with Crippen LogP contribution < -0.4 is 0 Å². The third-order valence-electron chi connectivity index (χ3n) is 2.11. The molecule has 1 aromatic rings. The molecular weight excluding hydrogens is 194 g/mol. The van der Waals surface area contributed by atoms with Gasteiger partial charge < -0.3 is 5.11 Å². The highest BCUT2D eigenvalue weighted by molar-refractivity contribution is 7.12. The Hall–Kier alpha value is -0.410. The molecule has 0 bridgehead atoms. The summed E-state index contributed by atoms with van der Waals surface area (Å²) in [6.07, 6.45) is 0.945. The summed E-state index contributed by atoms with van der Waals surface area (Å²) in [6, 6.07) is 0. The van der Waals surface area contributed by atoms with Gasteiger partial charge in [0.15, 0.2) is 0 Å². The van der Waals surface area contributed by atoms with Crippen LogP contribution in [0.15, 0.2) is 0 Å². The monoisotopic (exact) mass is 213 g/mol. The first-order valence-electron chi connectivity index (χ1n) is 5.08. The largest absolute Gasteiger partial charge is 0.383 e. The first kappa shape index (κ1) is 11.7. The summed E-state index contributed by atoms with van der Waals surface area (Å²) in [4.78, 5) is 5.80. The second-order valence-electron chi connectivity index (χ2n) is 4.40. The summed E-state index contributed by atoms with van der Waals surface area (Å²) in [5.74, 6) is 0.499. The number of aryl methyl sites for hydroxylation is 1. The van der Waals surface area contributed by atoms with E-state index in [-0.39, 0.29) is 0 Å². The Balaban J connectivity index is 3.13. The van der Waals surface area contributed by atoms with Crippen molar-refractivity contribution in [2.75, 3.05) is 0 Å². The fourth-order valence-electron chi connectivity index (χ4n) is 1.33. The molecule has 0 aliphatic heterocycles. The first-order chi connectivity index (χ1) is 6.36. The average molecular weight is 213 g/mol. The summed E-state index contributed by atoms with van der Waals surface area (Å²) in [6.45, 7) is 10.0. The molecule has 1 rings (SSSR count). The lowest BCUT2D eigenvalue weighted by Gasteiger charge is -2.12. The van der Waals surface area contributed by atoms with Gasteiger partial charge in [-0.15, -0.1) is 11.3 Å². The molecule has 0 spiro atoms. The van der Waals surface area contributed by atoms with Gasteiger partial charge in [-0.05, 0) is 26.2 Å². The van der Waals surface area contributed by atoms with Gasteiger partial charge in [0.2, 0.25) is 0 Å². The zero-order valence-corrected chi connectivity index (χ0v) is 10.4. The first-order valence-corrected chi connectivity index (χ1v) is 5.90. The van der Waals surface area contributed by atoms with E-state index in [9.17, 15) is 5.11 Å². The van der Waals surface area contributed by atoms with Crippen LogP contribution in [0.4, 0.5) is 0 Å². The van der Waals surface area contributed by atoms with E-state index >= 15 is 0 Å². The van der Waals surface area contributed by atoms with Crippen molar-refractivity contribution in [2.45, 2.75) is 52.6 Å². The van der Waals surface area contributed by atoms with Crippen LogP contribution in [0.3, 0.4) is 0 Å². The van der Waals surface area contributed by atoms with Gasteiger partial charge >= 0.3 is 0 Å². The number of rotatable bonds is 3. The number of aliphatic hydroxyl groups is 1. The smallest absolute Gasteiger partial charge is 0.124 e. The lowest BCUT2D eigenvalue weighted by atomic mass is 10.1. The molecule has 0 aromatic carbocycles. The SMILES string of the molecule is CCc1nc(C(C)(C)O)sc1C(C)C. The van der Waals surface area contributed by atoms with Crippen molar-refractivity contribution in [3.8, 4) is 0 Å². The summed E-state index contributed by atoms with van der Waals surface area (Å²) in [7, 11) is 0. The Morgan fingerprint density at radius 3 is 2.29 bits per heavy atom. The van der Waals surface area contributed by atoms with Crippen molar-refractivity contribution in [2.24, 2.45) is 0 Å². The molecule has 14 heavy (non-hydrogen) atoms. The summed E-state index contributed by atoms with van der Waals surface area (Å²) >= 11 is 1.64. The standard InChI is InChI=1S/C11H19NOS/c1-6-8-9(7(2)3)14-10(12-8)11(4,5)13/h7,13H,6H2,1-5H3. The highest BCUT2D eigenvalue weighted by Crippen LogP contribution is 2.32. The molecule has 1 aromatic heterocycles. The van der Waals surface area contributed by atoms with E-state index in [0.717, 1.165) is 17.1 Å². The van der Waals surface area contributed by atoms with Crippen LogP contribution in [-0.4, -0.2) is 10.1 Å². The molecule has 0 saturated heterocycles. The molecule has 2 nitrogen and oxygen atoms in total. The minimum Gasteiger partial charge on any atom is -0.383 e. The van der Waals surface area contributed by atoms with Crippen LogP contribution in [-0.2, 0) is 12.0 Å². The van der Waals surface area contributed by atoms with Gasteiger partial charge in [-0.1, -0.05) is 20.8 Å². The predicted molar refractivity (Wildman–Crippen MR) is 60.8 cm³/mol. The second-order valence-corrected chi connectivity index (χ2v) is 5.43. The number of hydrogen-bond acceptors (Lipinski definition) is 3. The van der Waals surface area contributed by atoms with Crippen LogP contribution in [0, 0.1) is 0 Å². The lowest BCUT2D eigenvalue weighted by molar-refractivity contribution is 0.0781. The summed E-state index contributed by atoms with van der Waals surface area (Å²) in [5.41, 5.74) is 0.337. The molecule has 0 aliphatic rings. The van der Waals surface area contributed by atoms with Gasteiger partial charge in [0.1, 0.15) is 10.6 Å². The van der Waals surface area contributed by atoms with E-state index < -0.39 is 5.60 Å². The Morgan fingerprint density at radius 1 is 1.43 bits per heavy atom. The van der Waals surface area contributed by atoms with E-state index in [1.54, 1.807) is 25.2 Å². The maximum absolute atomic E-state index is 9.85. The topological polar surface area (TPSA) is 33.1 Å². The van der Waals surface area contributed by atoms with Crippen LogP contribution in [0.25, 0.3) is 0 Å². The Kier molecular flexibility index (Phi) is 3.32. The maximum atomic E-state index is 9.85. The van der Waals surface area contributed by atoms with Gasteiger partial charge in [-0.2, -0.15) is 0 Å². The maximum Gasteiger partial charge on any atom is 0.124 e. The lowest BCUT2D eigenvalue weighted by Crippen LogP contribution is -2.14. The van der Waals surface area contributed by atoms with E-state index in [0.29, 0.717) is 5.92 Å². The third-order valence-corrected chi connectivity index (χ3v) is 3.82. The molecule has 0 radical (unpaired) electrons. The Morgan fingerprint density at radius 2 is 2.00 bits per heavy atom. The molecule has 1 N–H and O–H groups in total. The van der Waals surface area contributed by atoms with Gasteiger partial charge in [0, 0.05) is 4.88 Å². The number of hydrogen-bond donors (Lipinski definition) is 1. The van der Waals surface area contributed by atoms with Gasteiger partial charge in [-0.25, -0.2) is 4.98 Å². The van der Waals surface area contributed by atoms with Gasteiger partial charge in [0.25, 0.3) is 0 Å². The molecule has 1 heterocycles. The van der Waals surface area contributed by atoms with Gasteiger partial charge in [-0.3, -0.25) is 0 Å². The van der Waals surface area contributed by atoms with Crippen LogP contribution in [0.5, 0.6) is 0 Å². The number of nitrogens with zero attached hydrogens (tertiary/aromatic N) is 1. The highest BCUT2D eigenvalue weighted by Gasteiger charge is 2.23. The molecule has 0 fully saturated rings. The normalized spacial score (nSPS) is 12.5. The van der Waals surface area contributed by atoms with Crippen LogP contribution in [0.2, 0.25) is 0 Å². The van der Waals surface area contributed by atoms with Crippen molar-refractivity contribution in [1.29, 1.82) is 0 Å². The van der Waals surface area contributed by atoms with Crippen molar-refractivity contribution < 1.29 is 5.11 Å². The molecule has 0 saturated carbocycles. The van der Waals surface area contributed by atoms with Crippen molar-refractivity contribution >= 4 is 11.3 Å². The third kappa shape index (κ3) is 2.34. The molecule has 0 unspecified atom stereocenters. The molecule has 0 atom stereocenters. The van der Waals surface area contributed by atoms with Crippen molar-refractivity contribution in [3.63, 3.8) is 0 Å². The number of thiazole rings is 1. The fraction of sp³-hybridized carbons (Fsp3) is 0.727. The average Bonchev–Trinajstić information content (AvgIpc) is 2.45. The second kappa shape index (κ2) is 3.99. The number of aromatic nitrogens is 1. The zero-order chi connectivity index (χ0) is 10.9. The minimum atomic E-state index is -0.804. The van der Waals surface area contributed by atoms with E-state index in [2.05, 4.69) is 25.8 Å². The highest BCUT2D eigenvalue weighted by atomic mass is 32.1. The fourth-order valence-corrected chi connectivity index (χ4v) is 2.49. The molecule has 3 heteroatoms. The summed E-state index contributed by atoms with van der Waals surface area (Å²) in [5, 5.41) is 10.7. The van der Waals surface area contributed by atoms with Crippen LogP contribution in [0.1, 0.15) is 56.1 Å².